The van der Waals surface area contributed by atoms with Gasteiger partial charge in [-0.15, -0.1) is 0 Å². The van der Waals surface area contributed by atoms with Gasteiger partial charge in [0.1, 0.15) is 24.9 Å². The lowest BCUT2D eigenvalue weighted by Crippen LogP contribution is -2.56. The summed E-state index contributed by atoms with van der Waals surface area (Å²) in [6.45, 7) is 18.3. The van der Waals surface area contributed by atoms with Crippen molar-refractivity contribution in [3.63, 3.8) is 0 Å². The van der Waals surface area contributed by atoms with Crippen LogP contribution in [0.25, 0.3) is 0 Å². The van der Waals surface area contributed by atoms with Crippen LogP contribution in [0.4, 0.5) is 4.79 Å². The molecule has 0 aliphatic rings. The Balaban J connectivity index is 4.59. The molecule has 0 spiro atoms. The van der Waals surface area contributed by atoms with E-state index in [1.165, 1.54) is 0 Å². The highest BCUT2D eigenvalue weighted by Crippen LogP contribution is 2.21. The van der Waals surface area contributed by atoms with Crippen LogP contribution in [0.2, 0.25) is 0 Å². The largest absolute Gasteiger partial charge is 0.462 e. The number of nitrogens with one attached hydrogen (secondary N) is 1. The third-order valence-electron chi connectivity index (χ3n) is 5.04. The Morgan fingerprint density at radius 3 is 2.07 bits per heavy atom. The number of alkyl carbamates (subject to hydrolysis) is 1. The summed E-state index contributed by atoms with van der Waals surface area (Å²) in [5.41, 5.74) is -1.07. The van der Waals surface area contributed by atoms with E-state index in [4.69, 9.17) is 9.47 Å². The fourth-order valence-electron chi connectivity index (χ4n) is 2.61. The number of carbonyl (C=O) groups is 2. The first kappa shape index (κ1) is 25.7. The zero-order valence-corrected chi connectivity index (χ0v) is 18.6. The molecule has 0 saturated heterocycles. The molecule has 0 fully saturated rings. The van der Waals surface area contributed by atoms with Crippen LogP contribution >= 0.6 is 0 Å². The fraction of sp³-hybridized carbons (Fsp3) is 0.900. The number of nitrogens with zero attached hydrogens (tertiary/aromatic N) is 1. The van der Waals surface area contributed by atoms with Gasteiger partial charge in [0.15, 0.2) is 0 Å². The number of likely N-dealkylation sites (N-methyl/N-ethyl adjacent to an activating group) is 1. The lowest BCUT2D eigenvalue weighted by Gasteiger charge is -2.38. The average Bonchev–Trinajstić information content (AvgIpc) is 2.56. The lowest BCUT2D eigenvalue weighted by molar-refractivity contribution is -0.926. The Labute approximate surface area is 165 Å². The fourth-order valence-corrected chi connectivity index (χ4v) is 2.61. The zero-order chi connectivity index (χ0) is 21.3. The molecule has 160 valence electrons. The van der Waals surface area contributed by atoms with E-state index in [-0.39, 0.29) is 12.6 Å². The molecule has 0 aromatic rings. The van der Waals surface area contributed by atoms with Crippen molar-refractivity contribution in [3.05, 3.63) is 0 Å². The molecule has 0 aliphatic heterocycles. The van der Waals surface area contributed by atoms with Gasteiger partial charge in [0.05, 0.1) is 31.6 Å². The van der Waals surface area contributed by atoms with Crippen molar-refractivity contribution in [2.75, 3.05) is 39.3 Å². The highest BCUT2D eigenvalue weighted by Gasteiger charge is 2.31. The first-order valence-corrected chi connectivity index (χ1v) is 9.98. The van der Waals surface area contributed by atoms with E-state index in [1.807, 2.05) is 41.5 Å². The maximum Gasteiger partial charge on any atom is 0.407 e. The SMILES string of the molecule is CCC(C)(C)C(=O)OCC(O)C[N+](CC)(CC)CCNC(=O)OC(C)(C)C. The summed E-state index contributed by atoms with van der Waals surface area (Å²) in [5.74, 6) is -0.290. The summed E-state index contributed by atoms with van der Waals surface area (Å²) in [6, 6.07) is 0. The van der Waals surface area contributed by atoms with Crippen LogP contribution in [0, 0.1) is 5.41 Å². The summed E-state index contributed by atoms with van der Waals surface area (Å²) in [6.07, 6.45) is -0.505. The molecule has 0 aliphatic carbocycles. The Morgan fingerprint density at radius 2 is 1.63 bits per heavy atom. The second kappa shape index (κ2) is 10.9. The molecule has 0 heterocycles. The van der Waals surface area contributed by atoms with Crippen molar-refractivity contribution in [1.29, 1.82) is 0 Å². The van der Waals surface area contributed by atoms with Gasteiger partial charge < -0.3 is 24.4 Å². The molecule has 27 heavy (non-hydrogen) atoms. The minimum absolute atomic E-state index is 0.0121. The van der Waals surface area contributed by atoms with Crippen molar-refractivity contribution in [3.8, 4) is 0 Å². The van der Waals surface area contributed by atoms with Gasteiger partial charge in [-0.2, -0.15) is 0 Å². The van der Waals surface area contributed by atoms with Crippen molar-refractivity contribution in [2.45, 2.75) is 73.5 Å². The monoisotopic (exact) mass is 389 g/mol. The van der Waals surface area contributed by atoms with Gasteiger partial charge in [-0.05, 0) is 54.9 Å². The van der Waals surface area contributed by atoms with Crippen LogP contribution in [0.1, 0.15) is 61.8 Å². The molecular formula is C20H41N2O5+. The third-order valence-corrected chi connectivity index (χ3v) is 5.04. The Bertz CT molecular complexity index is 467. The Morgan fingerprint density at radius 1 is 1.07 bits per heavy atom. The molecule has 0 rings (SSSR count). The zero-order valence-electron chi connectivity index (χ0n) is 18.6. The molecule has 0 radical (unpaired) electrons. The van der Waals surface area contributed by atoms with Crippen LogP contribution in [-0.2, 0) is 14.3 Å². The number of hydrogen-bond acceptors (Lipinski definition) is 5. The number of amides is 1. The summed E-state index contributed by atoms with van der Waals surface area (Å²) >= 11 is 0. The second-order valence-corrected chi connectivity index (χ2v) is 8.80. The quantitative estimate of drug-likeness (QED) is 0.419. The van der Waals surface area contributed by atoms with E-state index < -0.39 is 23.2 Å². The van der Waals surface area contributed by atoms with Gasteiger partial charge in [0, 0.05) is 0 Å². The van der Waals surface area contributed by atoms with Crippen molar-refractivity contribution < 1.29 is 28.7 Å². The van der Waals surface area contributed by atoms with Gasteiger partial charge in [0.2, 0.25) is 0 Å². The molecule has 7 heteroatoms. The number of quaternary nitrogens is 1. The average molecular weight is 390 g/mol. The van der Waals surface area contributed by atoms with Gasteiger partial charge in [-0.3, -0.25) is 4.79 Å². The number of rotatable bonds is 11. The van der Waals surface area contributed by atoms with Crippen LogP contribution < -0.4 is 5.32 Å². The van der Waals surface area contributed by atoms with Gasteiger partial charge in [-0.1, -0.05) is 6.92 Å². The number of esters is 1. The number of aliphatic hydroxyl groups is 1. The highest BCUT2D eigenvalue weighted by molar-refractivity contribution is 5.75. The van der Waals surface area contributed by atoms with Gasteiger partial charge in [-0.25, -0.2) is 4.79 Å². The number of hydrogen-bond donors (Lipinski definition) is 2. The minimum Gasteiger partial charge on any atom is -0.462 e. The number of aliphatic hydroxyl groups excluding tert-OH is 1. The Hall–Kier alpha value is -1.34. The summed E-state index contributed by atoms with van der Waals surface area (Å²) < 4.78 is 11.2. The molecule has 7 nitrogen and oxygen atoms in total. The topological polar surface area (TPSA) is 84.9 Å². The normalized spacial score (nSPS) is 13.8. The first-order chi connectivity index (χ1) is 12.3. The lowest BCUT2D eigenvalue weighted by atomic mass is 9.91. The molecule has 0 saturated carbocycles. The van der Waals surface area contributed by atoms with Crippen LogP contribution in [0.15, 0.2) is 0 Å². The van der Waals surface area contributed by atoms with Gasteiger partial charge in [0.25, 0.3) is 0 Å². The highest BCUT2D eigenvalue weighted by atomic mass is 16.6. The molecule has 1 unspecified atom stereocenters. The molecule has 0 aromatic carbocycles. The maximum absolute atomic E-state index is 12.1. The van der Waals surface area contributed by atoms with Crippen LogP contribution in [0.3, 0.4) is 0 Å². The summed E-state index contributed by atoms with van der Waals surface area (Å²) in [5, 5.41) is 13.2. The van der Waals surface area contributed by atoms with E-state index in [9.17, 15) is 14.7 Å². The second-order valence-electron chi connectivity index (χ2n) is 8.80. The number of ether oxygens (including phenoxy) is 2. The standard InChI is InChI=1S/C20H40N2O5/c1-9-20(7,8)17(24)26-15-16(23)14-22(10-2,11-3)13-12-21-18(25)27-19(4,5)6/h16,23H,9-15H2,1-8H3/p+1. The molecule has 1 atom stereocenters. The van der Waals surface area contributed by atoms with Crippen molar-refractivity contribution in [2.24, 2.45) is 5.41 Å². The molecular weight excluding hydrogens is 348 g/mol. The molecule has 0 bridgehead atoms. The van der Waals surface area contributed by atoms with E-state index in [1.54, 1.807) is 0 Å². The van der Waals surface area contributed by atoms with Crippen LogP contribution in [0.5, 0.6) is 0 Å². The van der Waals surface area contributed by atoms with E-state index in [2.05, 4.69) is 19.2 Å². The van der Waals surface area contributed by atoms with Gasteiger partial charge >= 0.3 is 12.1 Å². The van der Waals surface area contributed by atoms with Crippen molar-refractivity contribution >= 4 is 12.1 Å². The van der Waals surface area contributed by atoms with E-state index in [0.717, 1.165) is 13.1 Å². The summed E-state index contributed by atoms with van der Waals surface area (Å²) in [4.78, 5) is 23.9. The summed E-state index contributed by atoms with van der Waals surface area (Å²) in [7, 11) is 0. The molecule has 1 amide bonds. The first-order valence-electron chi connectivity index (χ1n) is 9.98. The molecule has 0 aromatic heterocycles. The van der Waals surface area contributed by atoms with Crippen LogP contribution in [-0.4, -0.2) is 72.7 Å². The van der Waals surface area contributed by atoms with E-state index in [0.29, 0.717) is 30.5 Å². The van der Waals surface area contributed by atoms with E-state index >= 15 is 0 Å². The maximum atomic E-state index is 12.1. The number of carbonyl (C=O) groups excluding carboxylic acids is 2. The third kappa shape index (κ3) is 9.96. The minimum atomic E-state index is -0.747. The predicted octanol–water partition coefficient (Wildman–Crippen LogP) is 2.71. The van der Waals surface area contributed by atoms with Crippen molar-refractivity contribution in [1.82, 2.24) is 5.32 Å². The molecule has 2 N–H and O–H groups in total. The Kier molecular flexibility index (Phi) is 10.3. The smallest absolute Gasteiger partial charge is 0.407 e. The predicted molar refractivity (Wildman–Crippen MR) is 106 cm³/mol.